The maximum absolute atomic E-state index is 4.17. The summed E-state index contributed by atoms with van der Waals surface area (Å²) >= 11 is 1.51. The van der Waals surface area contributed by atoms with Crippen molar-refractivity contribution < 1.29 is 0 Å². The third-order valence-electron chi connectivity index (χ3n) is 1.40. The quantitative estimate of drug-likeness (QED) is 0.519. The summed E-state index contributed by atoms with van der Waals surface area (Å²) in [6.07, 6.45) is 5.23. The van der Waals surface area contributed by atoms with Gasteiger partial charge in [0.25, 0.3) is 0 Å². The van der Waals surface area contributed by atoms with Crippen LogP contribution in [-0.2, 0) is 0 Å². The molecule has 2 rings (SSSR count). The van der Waals surface area contributed by atoms with E-state index in [-0.39, 0.29) is 6.04 Å². The number of fused-ring (bicyclic) bond motifs is 1. The lowest BCUT2D eigenvalue weighted by Gasteiger charge is -2.06. The molecule has 11 heavy (non-hydrogen) atoms. The molecule has 2 heterocycles. The lowest BCUT2D eigenvalue weighted by Crippen LogP contribution is -2.20. The van der Waals surface area contributed by atoms with Crippen LogP contribution < -0.4 is 0 Å². The minimum Gasteiger partial charge on any atom is -0.256 e. The van der Waals surface area contributed by atoms with Crippen molar-refractivity contribution in [3.8, 4) is 0 Å². The van der Waals surface area contributed by atoms with Gasteiger partial charge in [-0.2, -0.15) is 0 Å². The molecule has 0 aromatic heterocycles. The van der Waals surface area contributed by atoms with Crippen LogP contribution in [0, 0.1) is 0 Å². The van der Waals surface area contributed by atoms with Crippen LogP contribution in [0.1, 0.15) is 0 Å². The molecule has 0 bridgehead atoms. The number of rotatable bonds is 0. The van der Waals surface area contributed by atoms with Gasteiger partial charge >= 0.3 is 0 Å². The zero-order valence-electron chi connectivity index (χ0n) is 5.93. The Hall–Kier alpha value is -0.970. The fourth-order valence-corrected chi connectivity index (χ4v) is 1.22. The van der Waals surface area contributed by atoms with Crippen LogP contribution >= 0.6 is 11.8 Å². The molecule has 56 valence electrons. The maximum Gasteiger partial charge on any atom is 0.188 e. The summed E-state index contributed by atoms with van der Waals surface area (Å²) < 4.78 is 0. The van der Waals surface area contributed by atoms with E-state index in [1.54, 1.807) is 6.21 Å². The van der Waals surface area contributed by atoms with E-state index < -0.39 is 0 Å². The summed E-state index contributed by atoms with van der Waals surface area (Å²) in [4.78, 5) is 16.3. The molecule has 2 aliphatic heterocycles. The van der Waals surface area contributed by atoms with E-state index in [1.165, 1.54) is 18.1 Å². The van der Waals surface area contributed by atoms with Gasteiger partial charge in [0.2, 0.25) is 0 Å². The number of hydrogen-bond acceptors (Lipinski definition) is 5. The molecule has 0 fully saturated rings. The number of thioether (sulfide) groups is 1. The minimum absolute atomic E-state index is 0.0223. The number of amidine groups is 2. The first-order valence-electron chi connectivity index (χ1n) is 3.16. The topological polar surface area (TPSA) is 49.4 Å². The van der Waals surface area contributed by atoms with E-state index in [0.29, 0.717) is 0 Å². The Bertz CT molecular complexity index is 289. The molecule has 0 saturated heterocycles. The zero-order valence-corrected chi connectivity index (χ0v) is 6.75. The van der Waals surface area contributed by atoms with Crippen molar-refractivity contribution in [1.82, 2.24) is 0 Å². The summed E-state index contributed by atoms with van der Waals surface area (Å²) in [5.41, 5.74) is 0. The second kappa shape index (κ2) is 2.58. The minimum atomic E-state index is -0.0223. The predicted octanol–water partition coefficient (Wildman–Crippen LogP) is 0.599. The van der Waals surface area contributed by atoms with Crippen LogP contribution in [0.4, 0.5) is 0 Å². The van der Waals surface area contributed by atoms with E-state index in [2.05, 4.69) is 20.0 Å². The smallest absolute Gasteiger partial charge is 0.188 e. The Balaban J connectivity index is 2.29. The Kier molecular flexibility index (Phi) is 1.58. The summed E-state index contributed by atoms with van der Waals surface area (Å²) in [6.45, 7) is 0. The summed E-state index contributed by atoms with van der Waals surface area (Å²) in [6, 6.07) is -0.0223. The molecule has 0 radical (unpaired) electrons. The zero-order chi connectivity index (χ0) is 7.68. The van der Waals surface area contributed by atoms with Crippen LogP contribution in [0.3, 0.4) is 0 Å². The molecular weight excluding hydrogens is 160 g/mol. The second-order valence-corrected chi connectivity index (χ2v) is 2.85. The monoisotopic (exact) mass is 166 g/mol. The maximum atomic E-state index is 4.17. The molecule has 5 heteroatoms. The van der Waals surface area contributed by atoms with E-state index in [1.807, 2.05) is 6.26 Å². The second-order valence-electron chi connectivity index (χ2n) is 2.07. The van der Waals surface area contributed by atoms with Crippen molar-refractivity contribution in [2.75, 3.05) is 6.26 Å². The lowest BCUT2D eigenvalue weighted by atomic mass is 10.3. The molecule has 1 atom stereocenters. The number of hydrogen-bond donors (Lipinski definition) is 0. The van der Waals surface area contributed by atoms with Gasteiger partial charge in [-0.05, 0) is 6.26 Å². The molecule has 0 amide bonds. The van der Waals surface area contributed by atoms with Crippen LogP contribution in [0.25, 0.3) is 0 Å². The third kappa shape index (κ3) is 1.11. The van der Waals surface area contributed by atoms with Gasteiger partial charge in [-0.15, -0.1) is 0 Å². The van der Waals surface area contributed by atoms with Crippen LogP contribution in [-0.4, -0.2) is 35.9 Å². The number of nitrogens with zero attached hydrogens (tertiary/aromatic N) is 4. The van der Waals surface area contributed by atoms with Crippen LogP contribution in [0.2, 0.25) is 0 Å². The van der Waals surface area contributed by atoms with Crippen molar-refractivity contribution in [2.24, 2.45) is 20.0 Å². The predicted molar refractivity (Wildman–Crippen MR) is 49.2 cm³/mol. The first kappa shape index (κ1) is 6.72. The molecule has 0 saturated carbocycles. The Morgan fingerprint density at radius 2 is 2.45 bits per heavy atom. The molecule has 0 N–H and O–H groups in total. The van der Waals surface area contributed by atoms with Crippen LogP contribution in [0.15, 0.2) is 20.0 Å². The molecule has 0 aromatic rings. The Morgan fingerprint density at radius 1 is 1.55 bits per heavy atom. The average molecular weight is 166 g/mol. The average Bonchev–Trinajstić information content (AvgIpc) is 2.50. The fourth-order valence-electron chi connectivity index (χ4n) is 0.867. The van der Waals surface area contributed by atoms with Gasteiger partial charge in [-0.3, -0.25) is 4.99 Å². The summed E-state index contributed by atoms with van der Waals surface area (Å²) in [7, 11) is 0. The van der Waals surface area contributed by atoms with Crippen molar-refractivity contribution in [3.05, 3.63) is 0 Å². The molecule has 0 spiro atoms. The third-order valence-corrected chi connectivity index (χ3v) is 1.96. The van der Waals surface area contributed by atoms with Crippen molar-refractivity contribution in [1.29, 1.82) is 0 Å². The van der Waals surface area contributed by atoms with Gasteiger partial charge in [-0.25, -0.2) is 15.0 Å². The molecule has 2 aliphatic rings. The molecule has 1 unspecified atom stereocenters. The Labute approximate surface area is 68.3 Å². The van der Waals surface area contributed by atoms with Gasteiger partial charge in [0, 0.05) is 6.21 Å². The van der Waals surface area contributed by atoms with Crippen molar-refractivity contribution in [3.63, 3.8) is 0 Å². The SMILES string of the molecule is CSC1=NC2=NC=NC2C=N1. The molecular formula is C6H6N4S. The van der Waals surface area contributed by atoms with E-state index in [9.17, 15) is 0 Å². The largest absolute Gasteiger partial charge is 0.256 e. The highest BCUT2D eigenvalue weighted by Crippen LogP contribution is 2.10. The van der Waals surface area contributed by atoms with E-state index in [0.717, 1.165) is 11.0 Å². The lowest BCUT2D eigenvalue weighted by molar-refractivity contribution is 1.17. The van der Waals surface area contributed by atoms with E-state index >= 15 is 0 Å². The van der Waals surface area contributed by atoms with Gasteiger partial charge < -0.3 is 0 Å². The highest BCUT2D eigenvalue weighted by atomic mass is 32.2. The molecule has 0 aliphatic carbocycles. The summed E-state index contributed by atoms with van der Waals surface area (Å²) in [5, 5.41) is 0.755. The number of aliphatic imine (C=N–C) groups is 4. The van der Waals surface area contributed by atoms with Gasteiger partial charge in [-0.1, -0.05) is 11.8 Å². The molecule has 4 nitrogen and oxygen atoms in total. The van der Waals surface area contributed by atoms with Crippen molar-refractivity contribution in [2.45, 2.75) is 6.04 Å². The van der Waals surface area contributed by atoms with Crippen molar-refractivity contribution >= 4 is 35.3 Å². The highest BCUT2D eigenvalue weighted by molar-refractivity contribution is 8.13. The molecule has 0 aromatic carbocycles. The van der Waals surface area contributed by atoms with Gasteiger partial charge in [0.1, 0.15) is 12.4 Å². The first-order valence-corrected chi connectivity index (χ1v) is 4.39. The van der Waals surface area contributed by atoms with Crippen LogP contribution in [0.5, 0.6) is 0 Å². The van der Waals surface area contributed by atoms with Gasteiger partial charge in [0.05, 0.1) is 0 Å². The Morgan fingerprint density at radius 3 is 3.27 bits per heavy atom. The fraction of sp³-hybridized carbons (Fsp3) is 0.333. The normalized spacial score (nSPS) is 26.5. The first-order chi connectivity index (χ1) is 5.40. The van der Waals surface area contributed by atoms with Gasteiger partial charge in [0.15, 0.2) is 11.0 Å². The van der Waals surface area contributed by atoms with E-state index in [4.69, 9.17) is 0 Å². The highest BCUT2D eigenvalue weighted by Gasteiger charge is 2.19. The summed E-state index contributed by atoms with van der Waals surface area (Å²) in [5.74, 6) is 0.754. The standard InChI is InChI=1S/C6H6N4S/c1-11-6-7-2-4-5(10-6)9-3-8-4/h2-4H,1H3.